The Hall–Kier alpha value is -2.80. The van der Waals surface area contributed by atoms with Crippen LogP contribution in [0.15, 0.2) is 67.1 Å². The van der Waals surface area contributed by atoms with Crippen molar-refractivity contribution in [3.05, 3.63) is 67.1 Å². The monoisotopic (exact) mass is 501 g/mol. The molecule has 0 amide bonds. The summed E-state index contributed by atoms with van der Waals surface area (Å²) in [6.45, 7) is 1.71. The molecule has 0 bridgehead atoms. The minimum atomic E-state index is 0. The summed E-state index contributed by atoms with van der Waals surface area (Å²) in [5.41, 5.74) is 14.8. The molecule has 0 unspecified atom stereocenters. The molecular weight excluding hydrogens is 469 g/mol. The quantitative estimate of drug-likeness (QED) is 0.225. The van der Waals surface area contributed by atoms with Gasteiger partial charge in [-0.05, 0) is 49.2 Å². The molecule has 0 fully saturated rings. The average Bonchev–Trinajstić information content (AvgIpc) is 3.20. The van der Waals surface area contributed by atoms with E-state index in [2.05, 4.69) is 32.9 Å². The largest absolute Gasteiger partial charge is 0.457 e. The van der Waals surface area contributed by atoms with Crippen LogP contribution in [-0.4, -0.2) is 21.1 Å². The Bertz CT molecular complexity index is 1130. The highest BCUT2D eigenvalue weighted by Gasteiger charge is 2.15. The number of para-hydroxylation sites is 1. The van der Waals surface area contributed by atoms with Crippen molar-refractivity contribution < 1.29 is 4.74 Å². The highest BCUT2D eigenvalue weighted by Crippen LogP contribution is 2.34. The maximum atomic E-state index is 6.26. The van der Waals surface area contributed by atoms with Crippen molar-refractivity contribution in [2.45, 2.75) is 45.1 Å². The summed E-state index contributed by atoms with van der Waals surface area (Å²) in [5, 5.41) is 0.909. The fourth-order valence-corrected chi connectivity index (χ4v) is 4.00. The first kappa shape index (κ1) is 27.4. The van der Waals surface area contributed by atoms with E-state index in [1.165, 1.54) is 25.7 Å². The number of fused-ring (bicyclic) bond motifs is 1. The van der Waals surface area contributed by atoms with Gasteiger partial charge in [-0.25, -0.2) is 9.97 Å². The van der Waals surface area contributed by atoms with Gasteiger partial charge >= 0.3 is 0 Å². The molecule has 8 heteroatoms. The first-order valence-corrected chi connectivity index (χ1v) is 11.4. The van der Waals surface area contributed by atoms with E-state index < -0.39 is 0 Å². The van der Waals surface area contributed by atoms with E-state index in [-0.39, 0.29) is 24.8 Å². The summed E-state index contributed by atoms with van der Waals surface area (Å²) in [6.07, 6.45) is 10.8. The lowest BCUT2D eigenvalue weighted by Crippen LogP contribution is -2.00. The van der Waals surface area contributed by atoms with Crippen LogP contribution in [0.25, 0.3) is 22.2 Å². The van der Waals surface area contributed by atoms with Crippen LogP contribution in [0.3, 0.4) is 0 Å². The molecule has 0 aliphatic heterocycles. The molecule has 4 N–H and O–H groups in total. The number of nitrogens with zero attached hydrogens (tertiary/aromatic N) is 3. The van der Waals surface area contributed by atoms with E-state index in [1.54, 1.807) is 6.33 Å². The number of nitrogen functional groups attached to an aromatic ring is 1. The van der Waals surface area contributed by atoms with E-state index in [9.17, 15) is 0 Å². The number of hydrogen-bond acceptors (Lipinski definition) is 5. The van der Waals surface area contributed by atoms with Gasteiger partial charge in [0.15, 0.2) is 0 Å². The number of benzene rings is 2. The molecule has 0 spiro atoms. The number of aryl methyl sites for hydroxylation is 1. The van der Waals surface area contributed by atoms with Crippen LogP contribution in [0.5, 0.6) is 11.5 Å². The SMILES string of the molecule is Cl.Cl.NCCCCCCCCn1cc(-c2ccc(Oc3ccccc3)cc2)c2c(N)ncnc21. The highest BCUT2D eigenvalue weighted by molar-refractivity contribution is 6.00. The van der Waals surface area contributed by atoms with E-state index in [4.69, 9.17) is 16.2 Å². The summed E-state index contributed by atoms with van der Waals surface area (Å²) in [6, 6.07) is 17.8. The van der Waals surface area contributed by atoms with Crippen LogP contribution < -0.4 is 16.2 Å². The molecule has 4 aromatic rings. The second kappa shape index (κ2) is 13.8. The molecule has 2 aromatic carbocycles. The fourth-order valence-electron chi connectivity index (χ4n) is 4.00. The number of unbranched alkanes of at least 4 members (excludes halogenated alkanes) is 5. The van der Waals surface area contributed by atoms with Gasteiger partial charge in [-0.2, -0.15) is 0 Å². The molecule has 34 heavy (non-hydrogen) atoms. The van der Waals surface area contributed by atoms with E-state index in [0.29, 0.717) is 5.82 Å². The molecular formula is C26H33Cl2N5O. The number of rotatable bonds is 11. The zero-order chi connectivity index (χ0) is 22.2. The maximum absolute atomic E-state index is 6.26. The van der Waals surface area contributed by atoms with E-state index in [1.807, 2.05) is 42.5 Å². The third kappa shape index (κ3) is 6.86. The van der Waals surface area contributed by atoms with Gasteiger partial charge in [-0.3, -0.25) is 0 Å². The molecule has 2 heterocycles. The van der Waals surface area contributed by atoms with Gasteiger partial charge in [0.25, 0.3) is 0 Å². The van der Waals surface area contributed by atoms with Gasteiger partial charge in [-0.15, -0.1) is 24.8 Å². The molecule has 6 nitrogen and oxygen atoms in total. The number of nitrogens with two attached hydrogens (primary N) is 2. The Morgan fingerprint density at radius 1 is 0.765 bits per heavy atom. The van der Waals surface area contributed by atoms with Crippen molar-refractivity contribution in [3.8, 4) is 22.6 Å². The number of ether oxygens (including phenoxy) is 1. The van der Waals surface area contributed by atoms with E-state index in [0.717, 1.165) is 59.6 Å². The van der Waals surface area contributed by atoms with Crippen LogP contribution in [0.4, 0.5) is 5.82 Å². The Morgan fingerprint density at radius 2 is 1.41 bits per heavy atom. The molecule has 0 atom stereocenters. The van der Waals surface area contributed by atoms with Gasteiger partial charge in [-0.1, -0.05) is 56.0 Å². The molecule has 2 aromatic heterocycles. The Kier molecular flexibility index (Phi) is 11.1. The second-order valence-electron chi connectivity index (χ2n) is 8.04. The normalized spacial score (nSPS) is 10.5. The van der Waals surface area contributed by atoms with E-state index >= 15 is 0 Å². The zero-order valence-corrected chi connectivity index (χ0v) is 20.9. The smallest absolute Gasteiger partial charge is 0.146 e. The lowest BCUT2D eigenvalue weighted by Gasteiger charge is -2.06. The molecule has 4 rings (SSSR count). The zero-order valence-electron chi connectivity index (χ0n) is 19.2. The van der Waals surface area contributed by atoms with Crippen LogP contribution in [0.2, 0.25) is 0 Å². The highest BCUT2D eigenvalue weighted by atomic mass is 35.5. The maximum Gasteiger partial charge on any atom is 0.146 e. The predicted molar refractivity (Wildman–Crippen MR) is 145 cm³/mol. The number of hydrogen-bond donors (Lipinski definition) is 2. The van der Waals surface area contributed by atoms with Crippen molar-refractivity contribution in [3.63, 3.8) is 0 Å². The van der Waals surface area contributed by atoms with Gasteiger partial charge in [0.05, 0.1) is 5.39 Å². The third-order valence-electron chi connectivity index (χ3n) is 5.68. The minimum absolute atomic E-state index is 0. The first-order chi connectivity index (χ1) is 15.8. The standard InChI is InChI=1S/C26H31N5O.2ClH/c27-16-8-3-1-2-4-9-17-31-18-23(24-25(28)29-19-30-26(24)31)20-12-14-22(15-13-20)32-21-10-6-5-7-11-21;;/h5-7,10-15,18-19H,1-4,8-9,16-17,27H2,(H2,28,29,30);2*1H. The van der Waals surface area contributed by atoms with Gasteiger partial charge < -0.3 is 20.8 Å². The first-order valence-electron chi connectivity index (χ1n) is 11.4. The van der Waals surface area contributed by atoms with Crippen molar-refractivity contribution in [1.82, 2.24) is 14.5 Å². The van der Waals surface area contributed by atoms with Crippen LogP contribution in [-0.2, 0) is 6.54 Å². The van der Waals surface area contributed by atoms with Crippen molar-refractivity contribution in [2.24, 2.45) is 5.73 Å². The number of aromatic nitrogens is 3. The summed E-state index contributed by atoms with van der Waals surface area (Å²) in [5.74, 6) is 2.12. The third-order valence-corrected chi connectivity index (χ3v) is 5.68. The van der Waals surface area contributed by atoms with Crippen molar-refractivity contribution >= 4 is 41.7 Å². The molecule has 0 aliphatic carbocycles. The van der Waals surface area contributed by atoms with Gasteiger partial charge in [0.1, 0.15) is 29.3 Å². The number of anilines is 1. The Labute approximate surface area is 213 Å². The average molecular weight is 502 g/mol. The van der Waals surface area contributed by atoms with Crippen molar-refractivity contribution in [2.75, 3.05) is 12.3 Å². The molecule has 0 saturated heterocycles. The summed E-state index contributed by atoms with van der Waals surface area (Å²) in [4.78, 5) is 8.77. The predicted octanol–water partition coefficient (Wildman–Crippen LogP) is 6.62. The molecule has 0 radical (unpaired) electrons. The molecule has 182 valence electrons. The molecule has 0 aliphatic rings. The van der Waals surface area contributed by atoms with Crippen LogP contribution in [0.1, 0.15) is 38.5 Å². The summed E-state index contributed by atoms with van der Waals surface area (Å²) >= 11 is 0. The summed E-state index contributed by atoms with van der Waals surface area (Å²) in [7, 11) is 0. The van der Waals surface area contributed by atoms with Crippen molar-refractivity contribution in [1.29, 1.82) is 0 Å². The summed E-state index contributed by atoms with van der Waals surface area (Å²) < 4.78 is 8.13. The lowest BCUT2D eigenvalue weighted by atomic mass is 10.1. The lowest BCUT2D eigenvalue weighted by molar-refractivity contribution is 0.483. The Morgan fingerprint density at radius 3 is 2.12 bits per heavy atom. The topological polar surface area (TPSA) is 92.0 Å². The minimum Gasteiger partial charge on any atom is -0.457 e. The van der Waals surface area contributed by atoms with Gasteiger partial charge in [0, 0.05) is 18.3 Å². The fraction of sp³-hybridized carbons (Fsp3) is 0.308. The molecule has 0 saturated carbocycles. The number of halogens is 2. The van der Waals surface area contributed by atoms with Crippen LogP contribution >= 0.6 is 24.8 Å². The second-order valence-corrected chi connectivity index (χ2v) is 8.04. The Balaban J connectivity index is 0.00000204. The van der Waals surface area contributed by atoms with Crippen LogP contribution in [0, 0.1) is 0 Å². The van der Waals surface area contributed by atoms with Gasteiger partial charge in [0.2, 0.25) is 0 Å².